The molecule has 0 heterocycles. The van der Waals surface area contributed by atoms with Gasteiger partial charge in [0.2, 0.25) is 0 Å². The van der Waals surface area contributed by atoms with Gasteiger partial charge in [-0.15, -0.1) is 0 Å². The molecule has 2 rings (SSSR count). The van der Waals surface area contributed by atoms with Crippen molar-refractivity contribution in [2.75, 3.05) is 0 Å². The van der Waals surface area contributed by atoms with Gasteiger partial charge in [-0.25, -0.2) is 4.39 Å². The van der Waals surface area contributed by atoms with Crippen molar-refractivity contribution >= 4 is 0 Å². The van der Waals surface area contributed by atoms with E-state index in [0.717, 1.165) is 36.0 Å². The second-order valence-corrected chi connectivity index (χ2v) is 5.42. The lowest BCUT2D eigenvalue weighted by Crippen LogP contribution is -2.28. The minimum atomic E-state index is -0.194. The molecule has 0 aromatic heterocycles. The van der Waals surface area contributed by atoms with Gasteiger partial charge in [0.05, 0.1) is 6.10 Å². The molecule has 0 saturated heterocycles. The van der Waals surface area contributed by atoms with E-state index in [1.54, 1.807) is 6.07 Å². The second-order valence-electron chi connectivity index (χ2n) is 5.42. The number of rotatable bonds is 2. The number of hydrogen-bond donors (Lipinski definition) is 0. The first-order valence-electron chi connectivity index (χ1n) is 6.49. The highest BCUT2D eigenvalue weighted by molar-refractivity contribution is 5.32. The third-order valence-corrected chi connectivity index (χ3v) is 3.98. The number of hydrogen-bond acceptors (Lipinski definition) is 1. The summed E-state index contributed by atoms with van der Waals surface area (Å²) in [6.45, 7) is 6.50. The van der Waals surface area contributed by atoms with Gasteiger partial charge in [0.25, 0.3) is 0 Å². The average Bonchev–Trinajstić information content (AvgIpc) is 2.27. The molecule has 0 radical (unpaired) electrons. The maximum absolute atomic E-state index is 13.0. The van der Waals surface area contributed by atoms with E-state index < -0.39 is 0 Å². The average molecular weight is 236 g/mol. The van der Waals surface area contributed by atoms with Crippen molar-refractivity contribution in [3.05, 3.63) is 29.6 Å². The third-order valence-electron chi connectivity index (χ3n) is 3.98. The van der Waals surface area contributed by atoms with E-state index >= 15 is 0 Å². The standard InChI is InChI=1S/C15H21FO/c1-10-4-6-14(9-11(10)2)17-15-7-5-13(16)8-12(15)3/h5,7-8,10-11,14H,4,6,9H2,1-3H3. The summed E-state index contributed by atoms with van der Waals surface area (Å²) in [5, 5.41) is 0. The fourth-order valence-corrected chi connectivity index (χ4v) is 2.53. The summed E-state index contributed by atoms with van der Waals surface area (Å²) in [4.78, 5) is 0. The first kappa shape index (κ1) is 12.4. The normalized spacial score (nSPS) is 29.1. The zero-order valence-corrected chi connectivity index (χ0v) is 10.9. The van der Waals surface area contributed by atoms with Crippen LogP contribution in [0, 0.1) is 24.6 Å². The fraction of sp³-hybridized carbons (Fsp3) is 0.600. The zero-order valence-electron chi connectivity index (χ0n) is 10.9. The lowest BCUT2D eigenvalue weighted by molar-refractivity contribution is 0.0999. The van der Waals surface area contributed by atoms with Crippen molar-refractivity contribution in [3.63, 3.8) is 0 Å². The number of ether oxygens (including phenoxy) is 1. The van der Waals surface area contributed by atoms with Crippen molar-refractivity contribution < 1.29 is 9.13 Å². The molecule has 1 aromatic rings. The lowest BCUT2D eigenvalue weighted by Gasteiger charge is -2.32. The minimum Gasteiger partial charge on any atom is -0.490 e. The summed E-state index contributed by atoms with van der Waals surface area (Å²) >= 11 is 0. The Labute approximate surface area is 103 Å². The Kier molecular flexibility index (Phi) is 3.70. The number of halogens is 1. The molecule has 3 atom stereocenters. The molecule has 94 valence electrons. The van der Waals surface area contributed by atoms with E-state index in [1.807, 2.05) is 6.92 Å². The molecule has 1 aliphatic carbocycles. The van der Waals surface area contributed by atoms with Crippen molar-refractivity contribution in [1.82, 2.24) is 0 Å². The molecule has 1 aromatic carbocycles. The van der Waals surface area contributed by atoms with Crippen LogP contribution >= 0.6 is 0 Å². The van der Waals surface area contributed by atoms with E-state index in [0.29, 0.717) is 6.10 Å². The maximum atomic E-state index is 13.0. The highest BCUT2D eigenvalue weighted by Crippen LogP contribution is 2.32. The molecule has 0 aliphatic heterocycles. The Hall–Kier alpha value is -1.05. The van der Waals surface area contributed by atoms with Gasteiger partial charge in [0, 0.05) is 0 Å². The summed E-state index contributed by atoms with van der Waals surface area (Å²) in [6.07, 6.45) is 3.75. The molecular weight excluding hydrogens is 215 g/mol. The molecular formula is C15H21FO. The predicted octanol–water partition coefficient (Wildman–Crippen LogP) is 4.34. The first-order chi connectivity index (χ1) is 8.06. The van der Waals surface area contributed by atoms with Crippen LogP contribution in [0.3, 0.4) is 0 Å². The van der Waals surface area contributed by atoms with Gasteiger partial charge in [-0.2, -0.15) is 0 Å². The molecule has 17 heavy (non-hydrogen) atoms. The first-order valence-corrected chi connectivity index (χ1v) is 6.49. The van der Waals surface area contributed by atoms with Gasteiger partial charge >= 0.3 is 0 Å². The van der Waals surface area contributed by atoms with Gasteiger partial charge < -0.3 is 4.74 Å². The molecule has 3 unspecified atom stereocenters. The molecule has 0 amide bonds. The molecule has 1 aliphatic rings. The van der Waals surface area contributed by atoms with Crippen molar-refractivity contribution in [2.45, 2.75) is 46.1 Å². The van der Waals surface area contributed by atoms with Crippen LogP contribution in [0.2, 0.25) is 0 Å². The number of benzene rings is 1. The van der Waals surface area contributed by atoms with E-state index in [1.165, 1.54) is 18.6 Å². The molecule has 1 saturated carbocycles. The Morgan fingerprint density at radius 3 is 2.59 bits per heavy atom. The molecule has 0 bridgehead atoms. The molecule has 1 nitrogen and oxygen atoms in total. The largest absolute Gasteiger partial charge is 0.490 e. The summed E-state index contributed by atoms with van der Waals surface area (Å²) in [5.74, 6) is 2.15. The van der Waals surface area contributed by atoms with Gasteiger partial charge in [-0.3, -0.25) is 0 Å². The van der Waals surface area contributed by atoms with Gasteiger partial charge in [0.15, 0.2) is 0 Å². The molecule has 2 heteroatoms. The van der Waals surface area contributed by atoms with E-state index in [2.05, 4.69) is 13.8 Å². The van der Waals surface area contributed by atoms with Gasteiger partial charge in [0.1, 0.15) is 11.6 Å². The predicted molar refractivity (Wildman–Crippen MR) is 67.7 cm³/mol. The number of aryl methyl sites for hydroxylation is 1. The highest BCUT2D eigenvalue weighted by atomic mass is 19.1. The second kappa shape index (κ2) is 5.07. The zero-order chi connectivity index (χ0) is 12.4. The SMILES string of the molecule is Cc1cc(F)ccc1OC1CCC(C)C(C)C1. The minimum absolute atomic E-state index is 0.194. The monoisotopic (exact) mass is 236 g/mol. The molecule has 0 spiro atoms. The van der Waals surface area contributed by atoms with Crippen LogP contribution in [0.4, 0.5) is 4.39 Å². The van der Waals surface area contributed by atoms with Crippen LogP contribution in [0.1, 0.15) is 38.7 Å². The Morgan fingerprint density at radius 1 is 1.18 bits per heavy atom. The van der Waals surface area contributed by atoms with E-state index in [-0.39, 0.29) is 5.82 Å². The smallest absolute Gasteiger partial charge is 0.123 e. The summed E-state index contributed by atoms with van der Waals surface area (Å²) in [6, 6.07) is 4.74. The van der Waals surface area contributed by atoms with Crippen LogP contribution in [-0.2, 0) is 0 Å². The Morgan fingerprint density at radius 2 is 1.94 bits per heavy atom. The van der Waals surface area contributed by atoms with Crippen LogP contribution < -0.4 is 4.74 Å². The maximum Gasteiger partial charge on any atom is 0.123 e. The topological polar surface area (TPSA) is 9.23 Å². The van der Waals surface area contributed by atoms with Crippen molar-refractivity contribution in [1.29, 1.82) is 0 Å². The summed E-state index contributed by atoms with van der Waals surface area (Å²) < 4.78 is 19.0. The van der Waals surface area contributed by atoms with E-state index in [4.69, 9.17) is 4.74 Å². The summed E-state index contributed by atoms with van der Waals surface area (Å²) in [7, 11) is 0. The fourth-order valence-electron chi connectivity index (χ4n) is 2.53. The van der Waals surface area contributed by atoms with Crippen LogP contribution in [0.5, 0.6) is 5.75 Å². The quantitative estimate of drug-likeness (QED) is 0.742. The Bertz CT molecular complexity index is 389. The third kappa shape index (κ3) is 2.99. The van der Waals surface area contributed by atoms with Crippen molar-refractivity contribution in [2.24, 2.45) is 11.8 Å². The van der Waals surface area contributed by atoms with Crippen molar-refractivity contribution in [3.8, 4) is 5.75 Å². The lowest BCUT2D eigenvalue weighted by atomic mass is 9.80. The molecule has 0 N–H and O–H groups in total. The van der Waals surface area contributed by atoms with Gasteiger partial charge in [-0.1, -0.05) is 13.8 Å². The summed E-state index contributed by atoms with van der Waals surface area (Å²) in [5.41, 5.74) is 0.885. The Balaban J connectivity index is 2.01. The van der Waals surface area contributed by atoms with Gasteiger partial charge in [-0.05, 0) is 61.8 Å². The molecule has 1 fully saturated rings. The van der Waals surface area contributed by atoms with Crippen LogP contribution in [0.25, 0.3) is 0 Å². The van der Waals surface area contributed by atoms with E-state index in [9.17, 15) is 4.39 Å². The highest BCUT2D eigenvalue weighted by Gasteiger charge is 2.25. The van der Waals surface area contributed by atoms with Crippen LogP contribution in [0.15, 0.2) is 18.2 Å². The van der Waals surface area contributed by atoms with Crippen LogP contribution in [-0.4, -0.2) is 6.10 Å².